The Hall–Kier alpha value is -2.54. The van der Waals surface area contributed by atoms with Crippen LogP contribution in [-0.4, -0.2) is 7.11 Å². The van der Waals surface area contributed by atoms with E-state index in [0.717, 1.165) is 16.9 Å². The van der Waals surface area contributed by atoms with Gasteiger partial charge in [0.05, 0.1) is 24.4 Å². The van der Waals surface area contributed by atoms with Crippen LogP contribution in [0.5, 0.6) is 5.75 Å². The SMILES string of the molecule is COc1ccc(CNc2ccc(C#N)cc2F)cc1C. The van der Waals surface area contributed by atoms with E-state index in [-0.39, 0.29) is 0 Å². The molecule has 0 atom stereocenters. The highest BCUT2D eigenvalue weighted by molar-refractivity contribution is 5.49. The number of aryl methyl sites for hydroxylation is 1. The zero-order valence-corrected chi connectivity index (χ0v) is 11.4. The minimum absolute atomic E-state index is 0.313. The monoisotopic (exact) mass is 270 g/mol. The second kappa shape index (κ2) is 6.07. The van der Waals surface area contributed by atoms with E-state index in [9.17, 15) is 4.39 Å². The molecule has 0 fully saturated rings. The molecule has 2 aromatic rings. The van der Waals surface area contributed by atoms with Gasteiger partial charge < -0.3 is 10.1 Å². The number of methoxy groups -OCH3 is 1. The summed E-state index contributed by atoms with van der Waals surface area (Å²) >= 11 is 0. The van der Waals surface area contributed by atoms with Crippen LogP contribution in [0.1, 0.15) is 16.7 Å². The minimum Gasteiger partial charge on any atom is -0.496 e. The molecule has 2 rings (SSSR count). The molecular weight excluding hydrogens is 255 g/mol. The summed E-state index contributed by atoms with van der Waals surface area (Å²) in [6.45, 7) is 2.47. The van der Waals surface area contributed by atoms with Crippen LogP contribution in [0.4, 0.5) is 10.1 Å². The van der Waals surface area contributed by atoms with E-state index in [1.54, 1.807) is 19.2 Å². The average molecular weight is 270 g/mol. The molecule has 0 aliphatic carbocycles. The predicted molar refractivity (Wildman–Crippen MR) is 76.2 cm³/mol. The standard InChI is InChI=1S/C16H15FN2O/c1-11-7-13(4-6-16(11)20-2)10-19-15-5-3-12(9-18)8-14(15)17/h3-8,19H,10H2,1-2H3. The van der Waals surface area contributed by atoms with Crippen molar-refractivity contribution in [2.45, 2.75) is 13.5 Å². The lowest BCUT2D eigenvalue weighted by Crippen LogP contribution is -2.02. The number of nitrogens with one attached hydrogen (secondary N) is 1. The lowest BCUT2D eigenvalue weighted by molar-refractivity contribution is 0.411. The molecule has 4 heteroatoms. The Kier molecular flexibility index (Phi) is 4.21. The van der Waals surface area contributed by atoms with Gasteiger partial charge >= 0.3 is 0 Å². The Labute approximate surface area is 117 Å². The molecule has 0 amide bonds. The van der Waals surface area contributed by atoms with Gasteiger partial charge in [0, 0.05) is 6.54 Å². The first-order valence-corrected chi connectivity index (χ1v) is 6.21. The topological polar surface area (TPSA) is 45.0 Å². The maximum atomic E-state index is 13.7. The summed E-state index contributed by atoms with van der Waals surface area (Å²) in [5.74, 6) is 0.410. The van der Waals surface area contributed by atoms with Gasteiger partial charge in [0.1, 0.15) is 11.6 Å². The lowest BCUT2D eigenvalue weighted by Gasteiger charge is -2.10. The number of nitriles is 1. The summed E-state index contributed by atoms with van der Waals surface area (Å²) in [4.78, 5) is 0. The van der Waals surface area contributed by atoms with Crippen molar-refractivity contribution in [3.63, 3.8) is 0 Å². The van der Waals surface area contributed by atoms with E-state index in [2.05, 4.69) is 5.32 Å². The highest BCUT2D eigenvalue weighted by Crippen LogP contribution is 2.20. The molecule has 3 nitrogen and oxygen atoms in total. The van der Waals surface area contributed by atoms with Gasteiger partial charge in [-0.1, -0.05) is 12.1 Å². The summed E-state index contributed by atoms with van der Waals surface area (Å²) in [6.07, 6.45) is 0. The predicted octanol–water partition coefficient (Wildman–Crippen LogP) is 3.63. The molecule has 0 heterocycles. The van der Waals surface area contributed by atoms with Gasteiger partial charge in [-0.05, 0) is 42.3 Å². The Morgan fingerprint density at radius 2 is 2.05 bits per heavy atom. The van der Waals surface area contributed by atoms with Crippen molar-refractivity contribution < 1.29 is 9.13 Å². The van der Waals surface area contributed by atoms with Gasteiger partial charge in [-0.25, -0.2) is 4.39 Å². The van der Waals surface area contributed by atoms with Crippen LogP contribution in [0.3, 0.4) is 0 Å². The van der Waals surface area contributed by atoms with Crippen LogP contribution in [-0.2, 0) is 6.54 Å². The maximum absolute atomic E-state index is 13.7. The largest absolute Gasteiger partial charge is 0.496 e. The van der Waals surface area contributed by atoms with Gasteiger partial charge in [-0.2, -0.15) is 5.26 Å². The second-order valence-corrected chi connectivity index (χ2v) is 4.46. The van der Waals surface area contributed by atoms with Crippen molar-refractivity contribution in [1.82, 2.24) is 0 Å². The van der Waals surface area contributed by atoms with Crippen molar-refractivity contribution in [2.75, 3.05) is 12.4 Å². The average Bonchev–Trinajstić information content (AvgIpc) is 2.46. The Balaban J connectivity index is 2.09. The van der Waals surface area contributed by atoms with Gasteiger partial charge in [0.2, 0.25) is 0 Å². The zero-order valence-electron chi connectivity index (χ0n) is 11.4. The Bertz CT molecular complexity index is 662. The van der Waals surface area contributed by atoms with Gasteiger partial charge in [0.15, 0.2) is 0 Å². The molecule has 0 bridgehead atoms. The molecule has 102 valence electrons. The molecule has 0 saturated heterocycles. The van der Waals surface area contributed by atoms with Crippen LogP contribution in [0.2, 0.25) is 0 Å². The van der Waals surface area contributed by atoms with Crippen LogP contribution >= 0.6 is 0 Å². The number of halogens is 1. The highest BCUT2D eigenvalue weighted by Gasteiger charge is 2.04. The molecule has 0 unspecified atom stereocenters. The molecule has 0 aliphatic rings. The highest BCUT2D eigenvalue weighted by atomic mass is 19.1. The number of nitrogens with zero attached hydrogens (tertiary/aromatic N) is 1. The first-order chi connectivity index (χ1) is 9.63. The summed E-state index contributed by atoms with van der Waals surface area (Å²) in [5.41, 5.74) is 2.77. The van der Waals surface area contributed by atoms with Crippen LogP contribution in [0, 0.1) is 24.1 Å². The third kappa shape index (κ3) is 3.07. The van der Waals surface area contributed by atoms with E-state index in [4.69, 9.17) is 10.00 Å². The molecule has 0 radical (unpaired) electrons. The van der Waals surface area contributed by atoms with Gasteiger partial charge in [0.25, 0.3) is 0 Å². The zero-order chi connectivity index (χ0) is 14.5. The summed E-state index contributed by atoms with van der Waals surface area (Å²) < 4.78 is 18.9. The van der Waals surface area contributed by atoms with E-state index in [0.29, 0.717) is 17.8 Å². The Morgan fingerprint density at radius 1 is 1.25 bits per heavy atom. The minimum atomic E-state index is -0.422. The number of hydrogen-bond acceptors (Lipinski definition) is 3. The fourth-order valence-electron chi connectivity index (χ4n) is 1.98. The van der Waals surface area contributed by atoms with E-state index in [1.807, 2.05) is 31.2 Å². The number of anilines is 1. The van der Waals surface area contributed by atoms with Crippen LogP contribution < -0.4 is 10.1 Å². The van der Waals surface area contributed by atoms with Crippen molar-refractivity contribution in [2.24, 2.45) is 0 Å². The van der Waals surface area contributed by atoms with Gasteiger partial charge in [-0.15, -0.1) is 0 Å². The first-order valence-electron chi connectivity index (χ1n) is 6.21. The second-order valence-electron chi connectivity index (χ2n) is 4.46. The number of ether oxygens (including phenoxy) is 1. The smallest absolute Gasteiger partial charge is 0.147 e. The molecular formula is C16H15FN2O. The fraction of sp³-hybridized carbons (Fsp3) is 0.188. The van der Waals surface area contributed by atoms with Crippen molar-refractivity contribution in [3.8, 4) is 11.8 Å². The molecule has 20 heavy (non-hydrogen) atoms. The van der Waals surface area contributed by atoms with Crippen molar-refractivity contribution >= 4 is 5.69 Å². The molecule has 0 aromatic heterocycles. The fourth-order valence-corrected chi connectivity index (χ4v) is 1.98. The van der Waals surface area contributed by atoms with E-state index < -0.39 is 5.82 Å². The molecule has 2 aromatic carbocycles. The van der Waals surface area contributed by atoms with Gasteiger partial charge in [-0.3, -0.25) is 0 Å². The normalized spacial score (nSPS) is 9.90. The third-order valence-electron chi connectivity index (χ3n) is 3.04. The summed E-state index contributed by atoms with van der Waals surface area (Å²) in [6, 6.07) is 12.1. The summed E-state index contributed by atoms with van der Waals surface area (Å²) in [5, 5.41) is 11.7. The number of hydrogen-bond donors (Lipinski definition) is 1. The van der Waals surface area contributed by atoms with Crippen molar-refractivity contribution in [1.29, 1.82) is 5.26 Å². The quantitative estimate of drug-likeness (QED) is 0.922. The van der Waals surface area contributed by atoms with Crippen molar-refractivity contribution in [3.05, 3.63) is 58.9 Å². The first kappa shape index (κ1) is 13.9. The van der Waals surface area contributed by atoms with E-state index in [1.165, 1.54) is 6.07 Å². The lowest BCUT2D eigenvalue weighted by atomic mass is 10.1. The van der Waals surface area contributed by atoms with E-state index >= 15 is 0 Å². The third-order valence-corrected chi connectivity index (χ3v) is 3.04. The summed E-state index contributed by atoms with van der Waals surface area (Å²) in [7, 11) is 1.63. The maximum Gasteiger partial charge on any atom is 0.147 e. The molecule has 1 N–H and O–H groups in total. The molecule has 0 saturated carbocycles. The Morgan fingerprint density at radius 3 is 2.65 bits per heavy atom. The molecule has 0 spiro atoms. The van der Waals surface area contributed by atoms with Crippen LogP contribution in [0.15, 0.2) is 36.4 Å². The molecule has 0 aliphatic heterocycles. The number of benzene rings is 2. The number of rotatable bonds is 4. The van der Waals surface area contributed by atoms with Crippen LogP contribution in [0.25, 0.3) is 0 Å².